The van der Waals surface area contributed by atoms with Crippen LogP contribution in [0, 0.1) is 17.3 Å². The Hall–Kier alpha value is -1.20. The summed E-state index contributed by atoms with van der Waals surface area (Å²) in [5.74, 6) is -0.869. The molecule has 1 spiro atoms. The molecule has 5 heteroatoms. The van der Waals surface area contributed by atoms with E-state index in [1.807, 2.05) is 13.8 Å². The van der Waals surface area contributed by atoms with Crippen molar-refractivity contribution < 1.29 is 24.2 Å². The Kier molecular flexibility index (Phi) is 2.09. The molecule has 7 atom stereocenters. The average molecular weight is 278 g/mol. The number of ketones is 1. The Morgan fingerprint density at radius 2 is 2.10 bits per heavy atom. The molecule has 0 bridgehead atoms. The maximum Gasteiger partial charge on any atom is 0.334 e. The zero-order chi connectivity index (χ0) is 14.4. The summed E-state index contributed by atoms with van der Waals surface area (Å²) in [7, 11) is 0. The van der Waals surface area contributed by atoms with Gasteiger partial charge in [0.05, 0.1) is 23.5 Å². The van der Waals surface area contributed by atoms with Crippen LogP contribution in [-0.4, -0.2) is 40.8 Å². The first kappa shape index (κ1) is 12.5. The number of hydrogen-bond donors (Lipinski definition) is 1. The van der Waals surface area contributed by atoms with Gasteiger partial charge in [0.15, 0.2) is 0 Å². The van der Waals surface area contributed by atoms with Gasteiger partial charge in [-0.25, -0.2) is 4.79 Å². The number of epoxide rings is 1. The maximum absolute atomic E-state index is 12.5. The number of Topliss-reactive ketones (excluding diaryl/α,β-unsaturated/α-hetero) is 1. The fraction of sp³-hybridized carbons (Fsp3) is 0.733. The fourth-order valence-electron chi connectivity index (χ4n) is 4.95. The molecule has 2 heterocycles. The van der Waals surface area contributed by atoms with Gasteiger partial charge in [-0.2, -0.15) is 0 Å². The maximum atomic E-state index is 12.5. The Balaban J connectivity index is 1.90. The minimum absolute atomic E-state index is 0.0519. The van der Waals surface area contributed by atoms with Crippen LogP contribution in [0.3, 0.4) is 0 Å². The Labute approximate surface area is 116 Å². The molecule has 2 saturated heterocycles. The quantitative estimate of drug-likeness (QED) is 0.399. The second-order valence-electron chi connectivity index (χ2n) is 6.81. The van der Waals surface area contributed by atoms with E-state index in [2.05, 4.69) is 6.58 Å². The van der Waals surface area contributed by atoms with E-state index in [-0.39, 0.29) is 23.4 Å². The zero-order valence-electron chi connectivity index (χ0n) is 11.6. The van der Waals surface area contributed by atoms with Gasteiger partial charge in [0, 0.05) is 12.0 Å². The molecular weight excluding hydrogens is 260 g/mol. The standard InChI is InChI=1S/C15H18O5/c1-6-4-8(16)11-7(2)13(18)19-12(11)14(3)9(17)5-10-15(6,14)20-10/h6,8,10-12,16H,2,4-5H2,1,3H3/t6-,8+,10-,11+,12+,14-,15-/m0/s1. The predicted octanol–water partition coefficient (Wildman–Crippen LogP) is 0.602. The third-order valence-electron chi connectivity index (χ3n) is 6.06. The number of aliphatic hydroxyl groups is 1. The summed E-state index contributed by atoms with van der Waals surface area (Å²) in [6, 6.07) is 0. The van der Waals surface area contributed by atoms with Gasteiger partial charge in [-0.05, 0) is 19.3 Å². The normalized spacial score (nSPS) is 56.8. The van der Waals surface area contributed by atoms with Crippen molar-refractivity contribution >= 4 is 11.8 Å². The highest BCUT2D eigenvalue weighted by molar-refractivity contribution is 5.96. The molecule has 1 N–H and O–H groups in total. The van der Waals surface area contributed by atoms with Crippen molar-refractivity contribution in [3.05, 3.63) is 12.2 Å². The summed E-state index contributed by atoms with van der Waals surface area (Å²) in [5.41, 5.74) is -1.16. The molecule has 0 amide bonds. The van der Waals surface area contributed by atoms with Crippen LogP contribution in [0.1, 0.15) is 26.7 Å². The van der Waals surface area contributed by atoms with Gasteiger partial charge < -0.3 is 14.6 Å². The molecule has 4 rings (SSSR count). The van der Waals surface area contributed by atoms with E-state index in [1.165, 1.54) is 0 Å². The molecule has 0 aromatic rings. The van der Waals surface area contributed by atoms with E-state index in [4.69, 9.17) is 9.47 Å². The second-order valence-corrected chi connectivity index (χ2v) is 6.81. The van der Waals surface area contributed by atoms with Gasteiger partial charge in [0.25, 0.3) is 0 Å². The highest BCUT2D eigenvalue weighted by atomic mass is 16.6. The molecule has 4 aliphatic rings. The van der Waals surface area contributed by atoms with Gasteiger partial charge >= 0.3 is 5.97 Å². The highest BCUT2D eigenvalue weighted by Crippen LogP contribution is 2.68. The van der Waals surface area contributed by atoms with Crippen molar-refractivity contribution in [1.29, 1.82) is 0 Å². The monoisotopic (exact) mass is 278 g/mol. The molecule has 108 valence electrons. The molecule has 20 heavy (non-hydrogen) atoms. The lowest BCUT2D eigenvalue weighted by Crippen LogP contribution is -2.51. The molecule has 0 aromatic heterocycles. The van der Waals surface area contributed by atoms with E-state index in [0.29, 0.717) is 12.8 Å². The summed E-state index contributed by atoms with van der Waals surface area (Å²) in [5, 5.41) is 10.4. The largest absolute Gasteiger partial charge is 0.457 e. The van der Waals surface area contributed by atoms with Crippen molar-refractivity contribution in [2.24, 2.45) is 17.3 Å². The van der Waals surface area contributed by atoms with Gasteiger partial charge in [-0.3, -0.25) is 4.79 Å². The number of ether oxygens (including phenoxy) is 2. The average Bonchev–Trinajstić information content (AvgIpc) is 2.97. The third-order valence-corrected chi connectivity index (χ3v) is 6.06. The first-order chi connectivity index (χ1) is 9.34. The Morgan fingerprint density at radius 3 is 2.80 bits per heavy atom. The number of aliphatic hydroxyl groups excluding tert-OH is 1. The number of fused-ring (bicyclic) bond motifs is 2. The van der Waals surface area contributed by atoms with Crippen molar-refractivity contribution in [3.8, 4) is 0 Å². The molecule has 2 aliphatic heterocycles. The van der Waals surface area contributed by atoms with Crippen LogP contribution >= 0.6 is 0 Å². The van der Waals surface area contributed by atoms with Crippen molar-refractivity contribution in [1.82, 2.24) is 0 Å². The predicted molar refractivity (Wildman–Crippen MR) is 67.6 cm³/mol. The lowest BCUT2D eigenvalue weighted by atomic mass is 9.67. The molecule has 0 unspecified atom stereocenters. The number of carbonyl (C=O) groups is 2. The van der Waals surface area contributed by atoms with E-state index in [0.717, 1.165) is 0 Å². The van der Waals surface area contributed by atoms with E-state index in [9.17, 15) is 14.7 Å². The van der Waals surface area contributed by atoms with Gasteiger partial charge in [0.1, 0.15) is 17.5 Å². The molecule has 4 fully saturated rings. The lowest BCUT2D eigenvalue weighted by molar-refractivity contribution is -0.156. The Bertz CT molecular complexity index is 554. The summed E-state index contributed by atoms with van der Waals surface area (Å²) >= 11 is 0. The van der Waals surface area contributed by atoms with Crippen molar-refractivity contribution in [3.63, 3.8) is 0 Å². The smallest absolute Gasteiger partial charge is 0.334 e. The van der Waals surface area contributed by atoms with Crippen molar-refractivity contribution in [2.45, 2.75) is 50.6 Å². The summed E-state index contributed by atoms with van der Waals surface area (Å²) < 4.78 is 11.3. The van der Waals surface area contributed by atoms with E-state index >= 15 is 0 Å². The minimum Gasteiger partial charge on any atom is -0.457 e. The Morgan fingerprint density at radius 1 is 1.40 bits per heavy atom. The first-order valence-electron chi connectivity index (χ1n) is 7.13. The number of hydrogen-bond acceptors (Lipinski definition) is 5. The summed E-state index contributed by atoms with van der Waals surface area (Å²) in [6.45, 7) is 7.60. The SMILES string of the molecule is C=C1C(=O)O[C@@H]2[C@H]1[C@H](O)C[C@H](C)[C@]13O[C@H]1CC(=O)[C@@]23C. The minimum atomic E-state index is -0.867. The topological polar surface area (TPSA) is 76.1 Å². The molecule has 0 radical (unpaired) electrons. The van der Waals surface area contributed by atoms with Gasteiger partial charge in [-0.15, -0.1) is 0 Å². The summed E-state index contributed by atoms with van der Waals surface area (Å²) in [6.07, 6.45) is -0.584. The van der Waals surface area contributed by atoms with Crippen LogP contribution in [0.4, 0.5) is 0 Å². The van der Waals surface area contributed by atoms with E-state index < -0.39 is 35.1 Å². The van der Waals surface area contributed by atoms with Crippen molar-refractivity contribution in [2.75, 3.05) is 0 Å². The lowest BCUT2D eigenvalue weighted by Gasteiger charge is -2.37. The van der Waals surface area contributed by atoms with Crippen LogP contribution in [-0.2, 0) is 19.1 Å². The highest BCUT2D eigenvalue weighted by Gasteiger charge is 2.82. The number of rotatable bonds is 0. The van der Waals surface area contributed by atoms with Crippen LogP contribution in [0.5, 0.6) is 0 Å². The van der Waals surface area contributed by atoms with E-state index in [1.54, 1.807) is 0 Å². The van der Waals surface area contributed by atoms with Gasteiger partial charge in [0.2, 0.25) is 0 Å². The van der Waals surface area contributed by atoms with Crippen LogP contribution in [0.15, 0.2) is 12.2 Å². The molecule has 2 saturated carbocycles. The summed E-state index contributed by atoms with van der Waals surface area (Å²) in [4.78, 5) is 24.4. The van der Waals surface area contributed by atoms with Crippen LogP contribution < -0.4 is 0 Å². The molecule has 2 aliphatic carbocycles. The van der Waals surface area contributed by atoms with Crippen LogP contribution in [0.2, 0.25) is 0 Å². The number of carbonyl (C=O) groups excluding carboxylic acids is 2. The molecular formula is C15H18O5. The number of esters is 1. The zero-order valence-corrected chi connectivity index (χ0v) is 11.6. The first-order valence-corrected chi connectivity index (χ1v) is 7.13. The molecule has 5 nitrogen and oxygen atoms in total. The third kappa shape index (κ3) is 1.06. The van der Waals surface area contributed by atoms with Crippen LogP contribution in [0.25, 0.3) is 0 Å². The second kappa shape index (κ2) is 3.34. The fourth-order valence-corrected chi connectivity index (χ4v) is 4.95. The molecule has 0 aromatic carbocycles. The van der Waals surface area contributed by atoms with Gasteiger partial charge in [-0.1, -0.05) is 13.5 Å².